The van der Waals surface area contributed by atoms with Crippen molar-refractivity contribution in [1.29, 1.82) is 0 Å². The minimum atomic E-state index is -0.104. The normalized spacial score (nSPS) is 23.9. The van der Waals surface area contributed by atoms with Gasteiger partial charge in [0.2, 0.25) is 0 Å². The monoisotopic (exact) mass is 376 g/mol. The minimum Gasteiger partial charge on any atom is -0.487 e. The van der Waals surface area contributed by atoms with Gasteiger partial charge in [-0.2, -0.15) is 0 Å². The first kappa shape index (κ1) is 17.5. The Bertz CT molecular complexity index is 966. The molecule has 3 aliphatic heterocycles. The molecule has 2 aromatic rings. The fourth-order valence-corrected chi connectivity index (χ4v) is 4.57. The highest BCUT2D eigenvalue weighted by Crippen LogP contribution is 2.41. The van der Waals surface area contributed by atoms with Gasteiger partial charge in [0.25, 0.3) is 5.91 Å². The highest BCUT2D eigenvalue weighted by molar-refractivity contribution is 6.36. The summed E-state index contributed by atoms with van der Waals surface area (Å²) in [4.78, 5) is 14.9. The molecule has 0 bridgehead atoms. The first-order chi connectivity index (χ1) is 13.7. The Morgan fingerprint density at radius 3 is 2.93 bits per heavy atom. The Kier molecular flexibility index (Phi) is 4.41. The number of aliphatic hydroxyl groups is 1. The maximum atomic E-state index is 12.5. The molecule has 5 rings (SSSR count). The highest BCUT2D eigenvalue weighted by Gasteiger charge is 2.32. The zero-order valence-corrected chi connectivity index (χ0v) is 15.8. The summed E-state index contributed by atoms with van der Waals surface area (Å²) in [5.74, 6) is 0.572. The van der Waals surface area contributed by atoms with E-state index < -0.39 is 0 Å². The third-order valence-corrected chi connectivity index (χ3v) is 6.03. The highest BCUT2D eigenvalue weighted by atomic mass is 16.5. The van der Waals surface area contributed by atoms with Gasteiger partial charge in [-0.25, -0.2) is 0 Å². The smallest absolute Gasteiger partial charge is 0.260 e. The zero-order valence-electron chi connectivity index (χ0n) is 15.8. The minimum absolute atomic E-state index is 0.104. The number of anilines is 1. The third-order valence-electron chi connectivity index (χ3n) is 6.03. The number of fused-ring (bicyclic) bond motifs is 2. The number of nitrogens with one attached hydrogen (secondary N) is 1. The molecule has 2 aromatic carbocycles. The first-order valence-corrected chi connectivity index (χ1v) is 9.99. The van der Waals surface area contributed by atoms with E-state index in [9.17, 15) is 9.90 Å². The van der Waals surface area contributed by atoms with Gasteiger partial charge in [-0.15, -0.1) is 0 Å². The van der Waals surface area contributed by atoms with Crippen LogP contribution in [0.2, 0.25) is 0 Å². The number of hydrogen-bond donors (Lipinski definition) is 2. The maximum absolute atomic E-state index is 12.5. The number of piperidine rings is 1. The fourth-order valence-electron chi connectivity index (χ4n) is 4.57. The van der Waals surface area contributed by atoms with Gasteiger partial charge in [0, 0.05) is 35.0 Å². The molecule has 0 spiro atoms. The molecule has 3 heterocycles. The number of ether oxygens (including phenoxy) is 1. The van der Waals surface area contributed by atoms with E-state index in [1.807, 2.05) is 24.3 Å². The van der Waals surface area contributed by atoms with Gasteiger partial charge in [-0.3, -0.25) is 9.69 Å². The summed E-state index contributed by atoms with van der Waals surface area (Å²) in [7, 11) is 0. The molecule has 1 amide bonds. The summed E-state index contributed by atoms with van der Waals surface area (Å²) in [5, 5.41) is 12.6. The van der Waals surface area contributed by atoms with Crippen LogP contribution in [0.1, 0.15) is 41.5 Å². The molecule has 5 nitrogen and oxygen atoms in total. The Hall–Kier alpha value is -2.63. The lowest BCUT2D eigenvalue weighted by atomic mass is 9.98. The number of aliphatic hydroxyl groups excluding tert-OH is 1. The molecule has 3 aliphatic rings. The second-order valence-corrected chi connectivity index (χ2v) is 7.79. The summed E-state index contributed by atoms with van der Waals surface area (Å²) in [5.41, 5.74) is 5.71. The molecule has 1 fully saturated rings. The van der Waals surface area contributed by atoms with Gasteiger partial charge in [-0.1, -0.05) is 42.8 Å². The van der Waals surface area contributed by atoms with Crippen LogP contribution in [0.3, 0.4) is 0 Å². The average Bonchev–Trinajstić information content (AvgIpc) is 3.27. The van der Waals surface area contributed by atoms with E-state index in [-0.39, 0.29) is 18.6 Å². The van der Waals surface area contributed by atoms with Crippen LogP contribution in [-0.2, 0) is 22.7 Å². The Balaban J connectivity index is 1.46. The van der Waals surface area contributed by atoms with Crippen LogP contribution >= 0.6 is 0 Å². The molecule has 144 valence electrons. The molecule has 28 heavy (non-hydrogen) atoms. The van der Waals surface area contributed by atoms with E-state index in [0.29, 0.717) is 17.9 Å². The molecule has 5 heteroatoms. The molecular weight excluding hydrogens is 352 g/mol. The lowest BCUT2D eigenvalue weighted by Crippen LogP contribution is -2.41. The van der Waals surface area contributed by atoms with E-state index in [1.165, 1.54) is 18.4 Å². The molecule has 1 atom stereocenters. The third kappa shape index (κ3) is 2.91. The van der Waals surface area contributed by atoms with Crippen LogP contribution in [0.15, 0.2) is 42.5 Å². The number of carbonyl (C=O) groups is 1. The molecule has 0 saturated carbocycles. The second kappa shape index (κ2) is 7.08. The number of hydrogen-bond acceptors (Lipinski definition) is 4. The van der Waals surface area contributed by atoms with Crippen molar-refractivity contribution in [2.24, 2.45) is 0 Å². The maximum Gasteiger partial charge on any atom is 0.260 e. The van der Waals surface area contributed by atoms with Crippen LogP contribution in [0.5, 0.6) is 0 Å². The molecule has 0 radical (unpaired) electrons. The van der Waals surface area contributed by atoms with E-state index in [4.69, 9.17) is 4.74 Å². The van der Waals surface area contributed by atoms with Crippen molar-refractivity contribution in [3.05, 3.63) is 64.7 Å². The topological polar surface area (TPSA) is 61.8 Å². The van der Waals surface area contributed by atoms with Crippen molar-refractivity contribution in [2.45, 2.75) is 38.5 Å². The van der Waals surface area contributed by atoms with Crippen LogP contribution in [0.4, 0.5) is 5.69 Å². The Morgan fingerprint density at radius 2 is 2.04 bits per heavy atom. The molecule has 1 unspecified atom stereocenters. The fraction of sp³-hybridized carbons (Fsp3) is 0.348. The summed E-state index contributed by atoms with van der Waals surface area (Å²) in [6.07, 6.45) is 3.45. The van der Waals surface area contributed by atoms with Gasteiger partial charge in [0.05, 0.1) is 12.2 Å². The van der Waals surface area contributed by atoms with Gasteiger partial charge < -0.3 is 15.2 Å². The Morgan fingerprint density at radius 1 is 1.14 bits per heavy atom. The van der Waals surface area contributed by atoms with Gasteiger partial charge >= 0.3 is 0 Å². The SMILES string of the molecule is O=C1Nc2ccccc2C1=C1OCc2cc(CN3CCCCC3CO)ccc21. The molecule has 1 saturated heterocycles. The van der Waals surface area contributed by atoms with E-state index in [2.05, 4.69) is 28.4 Å². The number of carbonyl (C=O) groups excluding carboxylic acids is 1. The number of amides is 1. The van der Waals surface area contributed by atoms with E-state index >= 15 is 0 Å². The summed E-state index contributed by atoms with van der Waals surface area (Å²) in [6.45, 7) is 2.58. The predicted octanol–water partition coefficient (Wildman–Crippen LogP) is 3.38. The molecular formula is C23H24N2O3. The van der Waals surface area contributed by atoms with Crippen molar-refractivity contribution in [3.8, 4) is 0 Å². The van der Waals surface area contributed by atoms with Gasteiger partial charge in [0.1, 0.15) is 12.4 Å². The lowest BCUT2D eigenvalue weighted by molar-refractivity contribution is -0.110. The number of benzene rings is 2. The van der Waals surface area contributed by atoms with Gasteiger partial charge in [0.15, 0.2) is 0 Å². The number of rotatable bonds is 3. The van der Waals surface area contributed by atoms with Crippen LogP contribution < -0.4 is 5.32 Å². The van der Waals surface area contributed by atoms with Crippen molar-refractivity contribution >= 4 is 22.9 Å². The van der Waals surface area contributed by atoms with Crippen molar-refractivity contribution < 1.29 is 14.6 Å². The number of para-hydroxylation sites is 1. The second-order valence-electron chi connectivity index (χ2n) is 7.79. The molecule has 0 aromatic heterocycles. The predicted molar refractivity (Wildman–Crippen MR) is 108 cm³/mol. The summed E-state index contributed by atoms with van der Waals surface area (Å²) in [6, 6.07) is 14.4. The van der Waals surface area contributed by atoms with Crippen LogP contribution in [-0.4, -0.2) is 35.1 Å². The van der Waals surface area contributed by atoms with Gasteiger partial charge in [-0.05, 0) is 31.0 Å². The van der Waals surface area contributed by atoms with Crippen LogP contribution in [0.25, 0.3) is 11.3 Å². The Labute approximate surface area is 164 Å². The summed E-state index contributed by atoms with van der Waals surface area (Å²) >= 11 is 0. The van der Waals surface area contributed by atoms with Crippen LogP contribution in [0, 0.1) is 0 Å². The summed E-state index contributed by atoms with van der Waals surface area (Å²) < 4.78 is 5.99. The quantitative estimate of drug-likeness (QED) is 0.806. The van der Waals surface area contributed by atoms with E-state index in [1.54, 1.807) is 0 Å². The standard InChI is InChI=1S/C23H24N2O3/c26-13-17-5-3-4-10-25(17)12-15-8-9-18-16(11-15)14-28-22(18)21-19-6-1-2-7-20(19)24-23(21)27/h1-2,6-9,11,17,26H,3-5,10,12-14H2,(H,24,27). The largest absolute Gasteiger partial charge is 0.487 e. The number of likely N-dealkylation sites (tertiary alicyclic amines) is 1. The van der Waals surface area contributed by atoms with Crippen molar-refractivity contribution in [3.63, 3.8) is 0 Å². The lowest BCUT2D eigenvalue weighted by Gasteiger charge is -2.34. The molecule has 2 N–H and O–H groups in total. The van der Waals surface area contributed by atoms with Crippen molar-refractivity contribution in [1.82, 2.24) is 4.90 Å². The first-order valence-electron chi connectivity index (χ1n) is 9.99. The van der Waals surface area contributed by atoms with Crippen molar-refractivity contribution in [2.75, 3.05) is 18.5 Å². The number of nitrogens with zero attached hydrogens (tertiary/aromatic N) is 1. The van der Waals surface area contributed by atoms with E-state index in [0.717, 1.165) is 41.9 Å². The molecule has 0 aliphatic carbocycles. The zero-order chi connectivity index (χ0) is 19.1. The average molecular weight is 376 g/mol.